The third-order valence-electron chi connectivity index (χ3n) is 5.12. The van der Waals surface area contributed by atoms with Crippen molar-refractivity contribution in [3.63, 3.8) is 0 Å². The number of carbonyl (C=O) groups excluding carboxylic acids is 1. The van der Waals surface area contributed by atoms with Crippen LogP contribution in [0.4, 0.5) is 18.9 Å². The second-order valence-electron chi connectivity index (χ2n) is 7.47. The van der Waals surface area contributed by atoms with Crippen molar-refractivity contribution in [2.75, 3.05) is 25.3 Å². The number of alkyl halides is 2. The molecule has 0 fully saturated rings. The van der Waals surface area contributed by atoms with Gasteiger partial charge in [0.2, 0.25) is 0 Å². The molecule has 2 heterocycles. The fourth-order valence-corrected chi connectivity index (χ4v) is 3.22. The third-order valence-corrected chi connectivity index (χ3v) is 5.12. The van der Waals surface area contributed by atoms with Crippen molar-refractivity contribution in [1.29, 1.82) is 5.26 Å². The Balaban J connectivity index is 1.92. The summed E-state index contributed by atoms with van der Waals surface area (Å²) in [7, 11) is 0. The van der Waals surface area contributed by atoms with Crippen LogP contribution >= 0.6 is 0 Å². The molecule has 0 radical (unpaired) electrons. The molecule has 1 aromatic carbocycles. The molecule has 3 rings (SSSR count). The molecular formula is C21H20F3N5O2. The van der Waals surface area contributed by atoms with Crippen LogP contribution in [0.1, 0.15) is 34.1 Å². The summed E-state index contributed by atoms with van der Waals surface area (Å²) < 4.78 is 46.5. The van der Waals surface area contributed by atoms with E-state index < -0.39 is 42.0 Å². The number of aliphatic imine (C=N–C) groups is 1. The molecule has 0 aliphatic carbocycles. The van der Waals surface area contributed by atoms with Crippen molar-refractivity contribution >= 4 is 17.4 Å². The maximum absolute atomic E-state index is 14.6. The fourth-order valence-electron chi connectivity index (χ4n) is 3.22. The number of pyridine rings is 1. The van der Waals surface area contributed by atoms with Crippen LogP contribution in [-0.4, -0.2) is 42.3 Å². The SMILES string of the molecule is Cc1cc(C#N)cnc1C(=O)Nc1ccc(F)c([C@]2(C)COC(CF)(CF)C(N)=N2)c1. The Morgan fingerprint density at radius 2 is 2.06 bits per heavy atom. The minimum Gasteiger partial charge on any atom is -0.385 e. The largest absolute Gasteiger partial charge is 0.385 e. The number of nitriles is 1. The van der Waals surface area contributed by atoms with E-state index in [4.69, 9.17) is 15.7 Å². The topological polar surface area (TPSA) is 113 Å². The average Bonchev–Trinajstić information content (AvgIpc) is 2.75. The lowest BCUT2D eigenvalue weighted by molar-refractivity contribution is -0.0575. The molecule has 0 spiro atoms. The first-order chi connectivity index (χ1) is 14.7. The number of nitrogens with two attached hydrogens (primary N) is 1. The maximum atomic E-state index is 14.6. The smallest absolute Gasteiger partial charge is 0.274 e. The Bertz CT molecular complexity index is 1090. The number of hydrogen-bond acceptors (Lipinski definition) is 6. The zero-order valence-corrected chi connectivity index (χ0v) is 16.9. The van der Waals surface area contributed by atoms with Gasteiger partial charge in [0.15, 0.2) is 5.60 Å². The molecule has 1 amide bonds. The van der Waals surface area contributed by atoms with Crippen molar-refractivity contribution in [2.45, 2.75) is 25.0 Å². The number of amides is 1. The summed E-state index contributed by atoms with van der Waals surface area (Å²) in [6, 6.07) is 7.30. The molecule has 0 saturated carbocycles. The van der Waals surface area contributed by atoms with Gasteiger partial charge in [-0.05, 0) is 43.7 Å². The molecule has 7 nitrogen and oxygen atoms in total. The van der Waals surface area contributed by atoms with Crippen LogP contribution in [0, 0.1) is 24.1 Å². The van der Waals surface area contributed by atoms with Crippen LogP contribution < -0.4 is 11.1 Å². The second-order valence-corrected chi connectivity index (χ2v) is 7.47. The highest BCUT2D eigenvalue weighted by molar-refractivity contribution is 6.03. The summed E-state index contributed by atoms with van der Waals surface area (Å²) in [6.45, 7) is 0.427. The van der Waals surface area contributed by atoms with Crippen molar-refractivity contribution in [2.24, 2.45) is 10.7 Å². The van der Waals surface area contributed by atoms with Crippen LogP contribution in [0.25, 0.3) is 0 Å². The molecule has 1 aliphatic rings. The number of anilines is 1. The highest BCUT2D eigenvalue weighted by Gasteiger charge is 2.45. The van der Waals surface area contributed by atoms with Crippen LogP contribution in [0.5, 0.6) is 0 Å². The van der Waals surface area contributed by atoms with Gasteiger partial charge >= 0.3 is 0 Å². The van der Waals surface area contributed by atoms with Gasteiger partial charge in [0.1, 0.15) is 42.3 Å². The lowest BCUT2D eigenvalue weighted by Crippen LogP contribution is -2.56. The first-order valence-corrected chi connectivity index (χ1v) is 9.28. The number of benzene rings is 1. The van der Waals surface area contributed by atoms with Gasteiger partial charge in [0.25, 0.3) is 5.91 Å². The Labute approximate surface area is 176 Å². The minimum atomic E-state index is -1.97. The lowest BCUT2D eigenvalue weighted by atomic mass is 9.89. The molecule has 0 bridgehead atoms. The number of aryl methyl sites for hydroxylation is 1. The first kappa shape index (κ1) is 22.2. The standard InChI is InChI=1S/C21H20F3N5O2/c1-12-5-13(7-25)8-27-17(12)18(30)28-14-3-4-16(24)15(6-14)20(2)11-31-21(9-22,10-23)19(26)29-20/h3-6,8H,9-11H2,1-2H3,(H2,26,29)(H,28,30)/t20-/m0/s1. The number of nitrogens with one attached hydrogen (secondary N) is 1. The van der Waals surface area contributed by atoms with Gasteiger partial charge in [0.05, 0.1) is 12.2 Å². The summed E-state index contributed by atoms with van der Waals surface area (Å²) in [6.07, 6.45) is 1.28. The predicted molar refractivity (Wildman–Crippen MR) is 108 cm³/mol. The van der Waals surface area contributed by atoms with Gasteiger partial charge in [0, 0.05) is 17.4 Å². The van der Waals surface area contributed by atoms with Crippen molar-refractivity contribution < 1.29 is 22.7 Å². The lowest BCUT2D eigenvalue weighted by Gasteiger charge is -2.39. The first-order valence-electron chi connectivity index (χ1n) is 9.28. The van der Waals surface area contributed by atoms with E-state index in [0.717, 1.165) is 6.07 Å². The molecule has 0 unspecified atom stereocenters. The molecular weight excluding hydrogens is 411 g/mol. The van der Waals surface area contributed by atoms with E-state index in [1.807, 2.05) is 6.07 Å². The minimum absolute atomic E-state index is 0.0316. The number of rotatable bonds is 5. The number of carbonyl (C=O) groups is 1. The van der Waals surface area contributed by atoms with E-state index >= 15 is 0 Å². The highest BCUT2D eigenvalue weighted by Crippen LogP contribution is 2.36. The maximum Gasteiger partial charge on any atom is 0.274 e. The average molecular weight is 431 g/mol. The molecule has 3 N–H and O–H groups in total. The number of aromatic nitrogens is 1. The molecule has 0 saturated heterocycles. The monoisotopic (exact) mass is 431 g/mol. The van der Waals surface area contributed by atoms with E-state index in [-0.39, 0.29) is 23.6 Å². The fraction of sp³-hybridized carbons (Fsp3) is 0.333. The zero-order valence-electron chi connectivity index (χ0n) is 16.9. The Morgan fingerprint density at radius 1 is 1.35 bits per heavy atom. The van der Waals surface area contributed by atoms with Gasteiger partial charge in [-0.25, -0.2) is 18.2 Å². The molecule has 2 aromatic rings. The highest BCUT2D eigenvalue weighted by atomic mass is 19.1. The Morgan fingerprint density at radius 3 is 2.65 bits per heavy atom. The molecule has 1 aliphatic heterocycles. The van der Waals surface area contributed by atoms with E-state index in [0.29, 0.717) is 11.1 Å². The molecule has 31 heavy (non-hydrogen) atoms. The van der Waals surface area contributed by atoms with E-state index in [1.54, 1.807) is 6.92 Å². The van der Waals surface area contributed by atoms with E-state index in [1.165, 1.54) is 31.3 Å². The van der Waals surface area contributed by atoms with Crippen LogP contribution in [-0.2, 0) is 10.3 Å². The van der Waals surface area contributed by atoms with Gasteiger partial charge in [-0.2, -0.15) is 5.26 Å². The zero-order chi connectivity index (χ0) is 22.8. The predicted octanol–water partition coefficient (Wildman–Crippen LogP) is 2.93. The molecule has 10 heteroatoms. The van der Waals surface area contributed by atoms with Gasteiger partial charge < -0.3 is 15.8 Å². The Kier molecular flexibility index (Phi) is 5.99. The summed E-state index contributed by atoms with van der Waals surface area (Å²) in [5.74, 6) is -1.61. The number of halogens is 3. The van der Waals surface area contributed by atoms with E-state index in [2.05, 4.69) is 15.3 Å². The Hall–Kier alpha value is -3.45. The third kappa shape index (κ3) is 4.09. The van der Waals surface area contributed by atoms with Gasteiger partial charge in [-0.15, -0.1) is 0 Å². The number of amidine groups is 1. The quantitative estimate of drug-likeness (QED) is 0.756. The summed E-state index contributed by atoms with van der Waals surface area (Å²) >= 11 is 0. The summed E-state index contributed by atoms with van der Waals surface area (Å²) in [5, 5.41) is 11.5. The van der Waals surface area contributed by atoms with Crippen molar-refractivity contribution in [3.8, 4) is 6.07 Å². The van der Waals surface area contributed by atoms with Crippen molar-refractivity contribution in [3.05, 3.63) is 58.7 Å². The summed E-state index contributed by atoms with van der Waals surface area (Å²) in [5.41, 5.74) is 3.62. The number of nitrogens with zero attached hydrogens (tertiary/aromatic N) is 3. The van der Waals surface area contributed by atoms with Gasteiger partial charge in [-0.1, -0.05) is 0 Å². The molecule has 1 atom stereocenters. The number of ether oxygens (including phenoxy) is 1. The molecule has 162 valence electrons. The second kappa shape index (κ2) is 8.35. The molecule has 1 aromatic heterocycles. The normalized spacial score (nSPS) is 19.9. The van der Waals surface area contributed by atoms with E-state index in [9.17, 15) is 18.0 Å². The van der Waals surface area contributed by atoms with Crippen LogP contribution in [0.3, 0.4) is 0 Å². The van der Waals surface area contributed by atoms with Crippen LogP contribution in [0.15, 0.2) is 35.5 Å². The van der Waals surface area contributed by atoms with Crippen LogP contribution in [0.2, 0.25) is 0 Å². The number of hydrogen-bond donors (Lipinski definition) is 2. The summed E-state index contributed by atoms with van der Waals surface area (Å²) in [4.78, 5) is 20.7. The van der Waals surface area contributed by atoms with Crippen molar-refractivity contribution in [1.82, 2.24) is 4.98 Å². The van der Waals surface area contributed by atoms with Gasteiger partial charge in [-0.3, -0.25) is 9.79 Å².